The lowest BCUT2D eigenvalue weighted by atomic mass is 9.99. The molecule has 1 aromatic rings. The quantitative estimate of drug-likeness (QED) is 0.354. The van der Waals surface area contributed by atoms with Crippen molar-refractivity contribution in [1.82, 2.24) is 5.43 Å². The maximum absolute atomic E-state index is 5.54. The van der Waals surface area contributed by atoms with E-state index in [0.29, 0.717) is 0 Å². The lowest BCUT2D eigenvalue weighted by Crippen LogP contribution is -2.32. The van der Waals surface area contributed by atoms with Gasteiger partial charge in [-0.2, -0.15) is 0 Å². The summed E-state index contributed by atoms with van der Waals surface area (Å²) in [4.78, 5) is 4.46. The Labute approximate surface area is 97.7 Å². The summed E-state index contributed by atoms with van der Waals surface area (Å²) in [5.41, 5.74) is 7.53. The second-order valence-corrected chi connectivity index (χ2v) is 4.15. The van der Waals surface area contributed by atoms with Gasteiger partial charge in [0.25, 0.3) is 0 Å². The molecule has 0 aliphatic rings. The van der Waals surface area contributed by atoms with Crippen LogP contribution in [0.3, 0.4) is 0 Å². The Kier molecular flexibility index (Phi) is 4.50. The van der Waals surface area contributed by atoms with Crippen molar-refractivity contribution in [2.75, 3.05) is 6.54 Å². The maximum atomic E-state index is 5.54. The van der Waals surface area contributed by atoms with Gasteiger partial charge >= 0.3 is 0 Å². The number of hydrazine groups is 1. The highest BCUT2D eigenvalue weighted by Gasteiger charge is 2.09. The molecule has 3 nitrogen and oxygen atoms in total. The third-order valence-electron chi connectivity index (χ3n) is 2.54. The zero-order valence-electron chi connectivity index (χ0n) is 10.6. The van der Waals surface area contributed by atoms with Crippen LogP contribution in [-0.2, 0) is 0 Å². The number of hydrogen-bond donors (Lipinski definition) is 2. The van der Waals surface area contributed by atoms with Crippen molar-refractivity contribution in [2.24, 2.45) is 10.8 Å². The van der Waals surface area contributed by atoms with E-state index >= 15 is 0 Å². The fourth-order valence-corrected chi connectivity index (χ4v) is 1.97. The second kappa shape index (κ2) is 5.66. The first kappa shape index (κ1) is 12.7. The van der Waals surface area contributed by atoms with E-state index in [0.717, 1.165) is 24.4 Å². The largest absolute Gasteiger partial charge is 0.308 e. The summed E-state index contributed by atoms with van der Waals surface area (Å²) in [5.74, 6) is 6.33. The van der Waals surface area contributed by atoms with Gasteiger partial charge in [-0.1, -0.05) is 24.6 Å². The highest BCUT2D eigenvalue weighted by atomic mass is 15.2. The monoisotopic (exact) mass is 219 g/mol. The number of rotatable bonds is 3. The van der Waals surface area contributed by atoms with Crippen molar-refractivity contribution >= 4 is 5.84 Å². The van der Waals surface area contributed by atoms with Crippen LogP contribution in [0.4, 0.5) is 0 Å². The third-order valence-corrected chi connectivity index (χ3v) is 2.54. The van der Waals surface area contributed by atoms with Gasteiger partial charge in [-0.05, 0) is 38.3 Å². The summed E-state index contributed by atoms with van der Waals surface area (Å²) in [6.45, 7) is 9.18. The highest BCUT2D eigenvalue weighted by molar-refractivity contribution is 6.01. The van der Waals surface area contributed by atoms with Gasteiger partial charge in [0.2, 0.25) is 0 Å². The summed E-state index contributed by atoms with van der Waals surface area (Å²) in [7, 11) is 0. The predicted molar refractivity (Wildman–Crippen MR) is 69.7 cm³/mol. The van der Waals surface area contributed by atoms with Gasteiger partial charge in [-0.3, -0.25) is 4.99 Å². The molecule has 0 spiro atoms. The number of nitrogens with zero attached hydrogens (tertiary/aromatic N) is 1. The Balaban J connectivity index is 3.20. The first-order valence-corrected chi connectivity index (χ1v) is 5.69. The number of amidine groups is 1. The van der Waals surface area contributed by atoms with Crippen LogP contribution in [0.15, 0.2) is 17.1 Å². The first-order chi connectivity index (χ1) is 7.60. The van der Waals surface area contributed by atoms with Gasteiger partial charge in [0.15, 0.2) is 0 Å². The Bertz CT molecular complexity index is 371. The summed E-state index contributed by atoms with van der Waals surface area (Å²) >= 11 is 0. The fourth-order valence-electron chi connectivity index (χ4n) is 1.97. The van der Waals surface area contributed by atoms with E-state index < -0.39 is 0 Å². The topological polar surface area (TPSA) is 50.4 Å². The molecule has 1 rings (SSSR count). The SMILES string of the molecule is CCCN=C(NN)c1c(C)cc(C)cc1C. The minimum absolute atomic E-state index is 0.789. The summed E-state index contributed by atoms with van der Waals surface area (Å²) in [6, 6.07) is 4.31. The van der Waals surface area contributed by atoms with Gasteiger partial charge in [-0.25, -0.2) is 5.84 Å². The minimum Gasteiger partial charge on any atom is -0.308 e. The van der Waals surface area contributed by atoms with Crippen molar-refractivity contribution in [2.45, 2.75) is 34.1 Å². The number of nitrogens with one attached hydrogen (secondary N) is 1. The van der Waals surface area contributed by atoms with Crippen molar-refractivity contribution in [1.29, 1.82) is 0 Å². The van der Waals surface area contributed by atoms with Crippen LogP contribution in [0, 0.1) is 20.8 Å². The Morgan fingerprint density at radius 1 is 1.25 bits per heavy atom. The van der Waals surface area contributed by atoms with Gasteiger partial charge in [0, 0.05) is 12.1 Å². The predicted octanol–water partition coefficient (Wildman–Crippen LogP) is 2.23. The molecule has 0 saturated carbocycles. The molecule has 0 aliphatic carbocycles. The number of benzene rings is 1. The second-order valence-electron chi connectivity index (χ2n) is 4.15. The maximum Gasteiger partial charge on any atom is 0.143 e. The van der Waals surface area contributed by atoms with Gasteiger partial charge < -0.3 is 5.43 Å². The zero-order valence-corrected chi connectivity index (χ0v) is 10.6. The molecule has 1 aromatic carbocycles. The molecular weight excluding hydrogens is 198 g/mol. The van der Waals surface area contributed by atoms with E-state index in [1.165, 1.54) is 16.7 Å². The average molecular weight is 219 g/mol. The van der Waals surface area contributed by atoms with Crippen LogP contribution in [0.5, 0.6) is 0 Å². The molecule has 0 bridgehead atoms. The zero-order chi connectivity index (χ0) is 12.1. The van der Waals surface area contributed by atoms with Crippen LogP contribution in [0.25, 0.3) is 0 Å². The molecule has 16 heavy (non-hydrogen) atoms. The van der Waals surface area contributed by atoms with Crippen LogP contribution < -0.4 is 11.3 Å². The van der Waals surface area contributed by atoms with Crippen molar-refractivity contribution in [3.63, 3.8) is 0 Å². The average Bonchev–Trinajstić information content (AvgIpc) is 2.21. The van der Waals surface area contributed by atoms with Crippen molar-refractivity contribution < 1.29 is 0 Å². The standard InChI is InChI=1S/C13H21N3/c1-5-6-15-13(16-14)12-10(3)7-9(2)8-11(12)4/h7-8H,5-6,14H2,1-4H3,(H,15,16). The van der Waals surface area contributed by atoms with Gasteiger partial charge in [0.1, 0.15) is 5.84 Å². The van der Waals surface area contributed by atoms with Crippen LogP contribution in [-0.4, -0.2) is 12.4 Å². The molecule has 0 radical (unpaired) electrons. The first-order valence-electron chi connectivity index (χ1n) is 5.69. The lowest BCUT2D eigenvalue weighted by molar-refractivity contribution is 0.906. The molecule has 0 amide bonds. The molecule has 88 valence electrons. The molecule has 0 aromatic heterocycles. The molecular formula is C13H21N3. The van der Waals surface area contributed by atoms with Crippen molar-refractivity contribution in [3.05, 3.63) is 34.4 Å². The minimum atomic E-state index is 0.789. The molecule has 0 heterocycles. The Morgan fingerprint density at radius 2 is 1.81 bits per heavy atom. The Hall–Kier alpha value is -1.35. The van der Waals surface area contributed by atoms with Crippen LogP contribution >= 0.6 is 0 Å². The molecule has 3 heteroatoms. The molecule has 0 fully saturated rings. The van der Waals surface area contributed by atoms with E-state index in [2.05, 4.69) is 50.2 Å². The molecule has 0 unspecified atom stereocenters. The number of aliphatic imine (C=N–C) groups is 1. The van der Waals surface area contributed by atoms with E-state index in [-0.39, 0.29) is 0 Å². The van der Waals surface area contributed by atoms with Crippen molar-refractivity contribution in [3.8, 4) is 0 Å². The lowest BCUT2D eigenvalue weighted by Gasteiger charge is -2.13. The van der Waals surface area contributed by atoms with E-state index in [1.807, 2.05) is 0 Å². The van der Waals surface area contributed by atoms with Crippen LogP contribution in [0.1, 0.15) is 35.6 Å². The number of aryl methyl sites for hydroxylation is 3. The number of nitrogens with two attached hydrogens (primary N) is 1. The van der Waals surface area contributed by atoms with E-state index in [1.54, 1.807) is 0 Å². The number of hydrogen-bond acceptors (Lipinski definition) is 2. The van der Waals surface area contributed by atoms with Gasteiger partial charge in [0.05, 0.1) is 0 Å². The molecule has 0 aliphatic heterocycles. The van der Waals surface area contributed by atoms with E-state index in [9.17, 15) is 0 Å². The third kappa shape index (κ3) is 2.83. The summed E-state index contributed by atoms with van der Waals surface area (Å²) in [6.07, 6.45) is 1.02. The summed E-state index contributed by atoms with van der Waals surface area (Å²) in [5, 5.41) is 0. The van der Waals surface area contributed by atoms with Crippen LogP contribution in [0.2, 0.25) is 0 Å². The summed E-state index contributed by atoms with van der Waals surface area (Å²) < 4.78 is 0. The smallest absolute Gasteiger partial charge is 0.143 e. The molecule has 0 atom stereocenters. The Morgan fingerprint density at radius 3 is 2.25 bits per heavy atom. The normalized spacial score (nSPS) is 11.7. The fraction of sp³-hybridized carbons (Fsp3) is 0.462. The molecule has 0 saturated heterocycles. The van der Waals surface area contributed by atoms with E-state index in [4.69, 9.17) is 5.84 Å². The van der Waals surface area contributed by atoms with Gasteiger partial charge in [-0.15, -0.1) is 0 Å². The highest BCUT2D eigenvalue weighted by Crippen LogP contribution is 2.16. The molecule has 3 N–H and O–H groups in total.